The summed E-state index contributed by atoms with van der Waals surface area (Å²) >= 11 is 0. The normalized spacial score (nSPS) is 11.4. The number of carbonyl (C=O) groups excluding carboxylic acids is 2. The predicted octanol–water partition coefficient (Wildman–Crippen LogP) is 4.20. The molecule has 0 radical (unpaired) electrons. The lowest BCUT2D eigenvalue weighted by atomic mass is 9.95. The van der Waals surface area contributed by atoms with Crippen molar-refractivity contribution in [2.75, 3.05) is 10.6 Å². The molecule has 3 rings (SSSR count). The second-order valence-corrected chi connectivity index (χ2v) is 6.79. The zero-order chi connectivity index (χ0) is 18.9. The van der Waals surface area contributed by atoms with E-state index in [1.807, 2.05) is 0 Å². The van der Waals surface area contributed by atoms with Gasteiger partial charge in [0.1, 0.15) is 17.0 Å². The van der Waals surface area contributed by atoms with Gasteiger partial charge in [0.25, 0.3) is 5.91 Å². The quantitative estimate of drug-likeness (QED) is 0.737. The van der Waals surface area contributed by atoms with Gasteiger partial charge in [0, 0.05) is 11.6 Å². The van der Waals surface area contributed by atoms with Gasteiger partial charge in [0.2, 0.25) is 11.7 Å². The van der Waals surface area contributed by atoms with E-state index in [4.69, 9.17) is 4.42 Å². The van der Waals surface area contributed by atoms with Crippen LogP contribution in [0.5, 0.6) is 0 Å². The first-order valence-electron chi connectivity index (χ1n) is 8.02. The number of nitrogens with one attached hydrogen (secondary N) is 2. The Morgan fingerprint density at radius 2 is 1.81 bits per heavy atom. The summed E-state index contributed by atoms with van der Waals surface area (Å²) in [6.45, 7) is 5.24. The number of benzene rings is 1. The Hall–Kier alpha value is -3.22. The molecule has 3 aromatic rings. The number of nitrogens with zero attached hydrogens (tertiary/aromatic N) is 1. The molecule has 2 aromatic heterocycles. The molecule has 0 aliphatic carbocycles. The van der Waals surface area contributed by atoms with E-state index in [1.165, 1.54) is 24.4 Å². The van der Waals surface area contributed by atoms with E-state index in [9.17, 15) is 14.0 Å². The summed E-state index contributed by atoms with van der Waals surface area (Å²) < 4.78 is 19.4. The Morgan fingerprint density at radius 1 is 1.08 bits per heavy atom. The lowest BCUT2D eigenvalue weighted by Crippen LogP contribution is -2.28. The number of hydrogen-bond donors (Lipinski definition) is 2. The summed E-state index contributed by atoms with van der Waals surface area (Å²) in [6, 6.07) is 9.07. The van der Waals surface area contributed by atoms with Crippen molar-refractivity contribution >= 4 is 34.3 Å². The number of para-hydroxylation sites is 1. The zero-order valence-electron chi connectivity index (χ0n) is 14.6. The SMILES string of the molecule is CC(C)(C)C(=O)Nc1c(C(=O)Nc2ccccc2F)oc2cccnc12. The fourth-order valence-electron chi connectivity index (χ4n) is 2.25. The Bertz CT molecular complexity index is 989. The van der Waals surface area contributed by atoms with Gasteiger partial charge in [0.15, 0.2) is 5.58 Å². The van der Waals surface area contributed by atoms with Gasteiger partial charge in [0.05, 0.1) is 5.69 Å². The van der Waals surface area contributed by atoms with Gasteiger partial charge < -0.3 is 15.1 Å². The van der Waals surface area contributed by atoms with Gasteiger partial charge in [-0.15, -0.1) is 0 Å². The van der Waals surface area contributed by atoms with Crippen LogP contribution in [0.15, 0.2) is 47.0 Å². The smallest absolute Gasteiger partial charge is 0.293 e. The minimum atomic E-state index is -0.683. The average molecular weight is 355 g/mol. The number of rotatable bonds is 3. The average Bonchev–Trinajstić information content (AvgIpc) is 2.95. The lowest BCUT2D eigenvalue weighted by molar-refractivity contribution is -0.123. The molecule has 0 aliphatic rings. The number of aromatic nitrogens is 1. The molecule has 26 heavy (non-hydrogen) atoms. The van der Waals surface area contributed by atoms with Crippen LogP contribution in [0.1, 0.15) is 31.3 Å². The summed E-state index contributed by atoms with van der Waals surface area (Å²) in [4.78, 5) is 29.2. The predicted molar refractivity (Wildman–Crippen MR) is 96.4 cm³/mol. The van der Waals surface area contributed by atoms with E-state index in [1.54, 1.807) is 39.0 Å². The van der Waals surface area contributed by atoms with Crippen LogP contribution in [0.2, 0.25) is 0 Å². The minimum absolute atomic E-state index is 0.0130. The van der Waals surface area contributed by atoms with Gasteiger partial charge in [-0.1, -0.05) is 32.9 Å². The molecule has 0 saturated carbocycles. The molecule has 2 N–H and O–H groups in total. The molecule has 1 aromatic carbocycles. The first kappa shape index (κ1) is 17.6. The fraction of sp³-hybridized carbons (Fsp3) is 0.211. The van der Waals surface area contributed by atoms with Crippen molar-refractivity contribution in [1.82, 2.24) is 4.98 Å². The Balaban J connectivity index is 2.02. The van der Waals surface area contributed by atoms with E-state index >= 15 is 0 Å². The van der Waals surface area contributed by atoms with Crippen LogP contribution in [0.4, 0.5) is 15.8 Å². The van der Waals surface area contributed by atoms with Crippen LogP contribution in [0.3, 0.4) is 0 Å². The highest BCUT2D eigenvalue weighted by Crippen LogP contribution is 2.31. The summed E-state index contributed by atoms with van der Waals surface area (Å²) in [5, 5.41) is 5.16. The Kier molecular flexibility index (Phi) is 4.46. The van der Waals surface area contributed by atoms with Crippen molar-refractivity contribution in [2.45, 2.75) is 20.8 Å². The van der Waals surface area contributed by atoms with Crippen LogP contribution >= 0.6 is 0 Å². The summed E-state index contributed by atoms with van der Waals surface area (Å²) in [7, 11) is 0. The number of anilines is 2. The van der Waals surface area contributed by atoms with Crippen molar-refractivity contribution in [1.29, 1.82) is 0 Å². The van der Waals surface area contributed by atoms with Gasteiger partial charge in [-0.25, -0.2) is 4.39 Å². The molecule has 134 valence electrons. The Labute approximate surface area is 149 Å². The van der Waals surface area contributed by atoms with Crippen LogP contribution in [-0.4, -0.2) is 16.8 Å². The highest BCUT2D eigenvalue weighted by atomic mass is 19.1. The number of halogens is 1. The maximum absolute atomic E-state index is 13.8. The van der Waals surface area contributed by atoms with Crippen LogP contribution < -0.4 is 10.6 Å². The highest BCUT2D eigenvalue weighted by molar-refractivity contribution is 6.14. The molecule has 0 spiro atoms. The third-order valence-corrected chi connectivity index (χ3v) is 3.69. The monoisotopic (exact) mass is 355 g/mol. The summed E-state index contributed by atoms with van der Waals surface area (Å²) in [5.74, 6) is -1.70. The molecule has 7 heteroatoms. The maximum Gasteiger partial charge on any atom is 0.293 e. The standard InChI is InChI=1S/C19H18FN3O3/c1-19(2,3)18(25)23-15-14-13(9-6-10-21-14)26-16(15)17(24)22-12-8-5-4-7-11(12)20/h4-10H,1-3H3,(H,22,24)(H,23,25). The number of pyridine rings is 1. The third kappa shape index (κ3) is 3.42. The van der Waals surface area contributed by atoms with Crippen LogP contribution in [0, 0.1) is 11.2 Å². The molecular weight excluding hydrogens is 337 g/mol. The number of fused-ring (bicyclic) bond motifs is 1. The van der Waals surface area contributed by atoms with Crippen molar-refractivity contribution in [3.8, 4) is 0 Å². The van der Waals surface area contributed by atoms with Gasteiger partial charge in [-0.05, 0) is 24.3 Å². The zero-order valence-corrected chi connectivity index (χ0v) is 14.6. The van der Waals surface area contributed by atoms with Crippen molar-refractivity contribution in [3.05, 3.63) is 54.2 Å². The van der Waals surface area contributed by atoms with E-state index < -0.39 is 17.1 Å². The molecule has 6 nitrogen and oxygen atoms in total. The van der Waals surface area contributed by atoms with E-state index in [0.717, 1.165) is 0 Å². The highest BCUT2D eigenvalue weighted by Gasteiger charge is 2.28. The third-order valence-electron chi connectivity index (χ3n) is 3.69. The number of hydrogen-bond acceptors (Lipinski definition) is 4. The topological polar surface area (TPSA) is 84.2 Å². The van der Waals surface area contributed by atoms with E-state index in [2.05, 4.69) is 15.6 Å². The van der Waals surface area contributed by atoms with Crippen molar-refractivity contribution in [3.63, 3.8) is 0 Å². The van der Waals surface area contributed by atoms with Crippen molar-refractivity contribution < 1.29 is 18.4 Å². The molecule has 0 saturated heterocycles. The maximum atomic E-state index is 13.8. The molecule has 0 fully saturated rings. The molecule has 0 atom stereocenters. The van der Waals surface area contributed by atoms with E-state index in [-0.39, 0.29) is 23.0 Å². The van der Waals surface area contributed by atoms with E-state index in [0.29, 0.717) is 11.1 Å². The number of furan rings is 1. The fourth-order valence-corrected chi connectivity index (χ4v) is 2.25. The van der Waals surface area contributed by atoms with Gasteiger partial charge in [-0.2, -0.15) is 0 Å². The molecule has 0 bridgehead atoms. The first-order valence-corrected chi connectivity index (χ1v) is 8.02. The second-order valence-electron chi connectivity index (χ2n) is 6.79. The lowest BCUT2D eigenvalue weighted by Gasteiger charge is -2.17. The molecular formula is C19H18FN3O3. The molecule has 0 aliphatic heterocycles. The molecule has 0 unspecified atom stereocenters. The minimum Gasteiger partial charge on any atom is -0.447 e. The van der Waals surface area contributed by atoms with Gasteiger partial charge in [-0.3, -0.25) is 14.6 Å². The molecule has 2 amide bonds. The van der Waals surface area contributed by atoms with Gasteiger partial charge >= 0.3 is 0 Å². The molecule has 2 heterocycles. The van der Waals surface area contributed by atoms with Crippen LogP contribution in [0.25, 0.3) is 11.1 Å². The Morgan fingerprint density at radius 3 is 2.50 bits per heavy atom. The summed E-state index contributed by atoms with van der Waals surface area (Å²) in [6.07, 6.45) is 1.53. The number of amides is 2. The van der Waals surface area contributed by atoms with Crippen LogP contribution in [-0.2, 0) is 4.79 Å². The number of carbonyl (C=O) groups is 2. The first-order chi connectivity index (χ1) is 12.3. The summed E-state index contributed by atoms with van der Waals surface area (Å²) in [5.41, 5.74) is 0.185. The largest absolute Gasteiger partial charge is 0.447 e. The second kappa shape index (κ2) is 6.59. The van der Waals surface area contributed by atoms with Crippen molar-refractivity contribution in [2.24, 2.45) is 5.41 Å².